The van der Waals surface area contributed by atoms with Crippen molar-refractivity contribution in [3.8, 4) is 0 Å². The van der Waals surface area contributed by atoms with Crippen LogP contribution in [0.25, 0.3) is 0 Å². The third-order valence-electron chi connectivity index (χ3n) is 3.53. The standard InChI is InChI=1S/C13H16ClNO2/c1-9-11(13(16)17)6-7-15(9)8-10-4-2-3-5-12(10)14/h2-5,9,11H,6-8H2,1H3,(H,16,17). The number of hydrogen-bond acceptors (Lipinski definition) is 2. The van der Waals surface area contributed by atoms with Crippen molar-refractivity contribution in [2.45, 2.75) is 25.9 Å². The van der Waals surface area contributed by atoms with E-state index >= 15 is 0 Å². The van der Waals surface area contributed by atoms with E-state index in [1.807, 2.05) is 31.2 Å². The molecule has 0 saturated carbocycles. The molecule has 4 heteroatoms. The predicted molar refractivity (Wildman–Crippen MR) is 67.1 cm³/mol. The third-order valence-corrected chi connectivity index (χ3v) is 3.90. The second-order valence-electron chi connectivity index (χ2n) is 4.54. The first kappa shape index (κ1) is 12.4. The van der Waals surface area contributed by atoms with Gasteiger partial charge in [0.1, 0.15) is 0 Å². The van der Waals surface area contributed by atoms with Crippen LogP contribution < -0.4 is 0 Å². The second kappa shape index (κ2) is 5.07. The fourth-order valence-corrected chi connectivity index (χ4v) is 2.60. The predicted octanol–water partition coefficient (Wildman–Crippen LogP) is 2.64. The minimum Gasteiger partial charge on any atom is -0.481 e. The van der Waals surface area contributed by atoms with Gasteiger partial charge in [0.25, 0.3) is 0 Å². The van der Waals surface area contributed by atoms with Crippen LogP contribution in [0.2, 0.25) is 5.02 Å². The number of carboxylic acids is 1. The van der Waals surface area contributed by atoms with Gasteiger partial charge in [-0.15, -0.1) is 0 Å². The Kier molecular flexibility index (Phi) is 3.69. The molecular formula is C13H16ClNO2. The number of hydrogen-bond donors (Lipinski definition) is 1. The summed E-state index contributed by atoms with van der Waals surface area (Å²) in [6.45, 7) is 3.52. The van der Waals surface area contributed by atoms with Crippen molar-refractivity contribution in [3.05, 3.63) is 34.9 Å². The first-order valence-corrected chi connectivity index (χ1v) is 6.17. The van der Waals surface area contributed by atoms with Crippen molar-refractivity contribution in [1.29, 1.82) is 0 Å². The Balaban J connectivity index is 2.06. The molecule has 1 aromatic rings. The van der Waals surface area contributed by atoms with Crippen molar-refractivity contribution in [2.75, 3.05) is 6.54 Å². The average Bonchev–Trinajstić information content (AvgIpc) is 2.64. The normalized spacial score (nSPS) is 25.1. The van der Waals surface area contributed by atoms with Gasteiger partial charge in [-0.2, -0.15) is 0 Å². The van der Waals surface area contributed by atoms with E-state index in [1.54, 1.807) is 0 Å². The Morgan fingerprint density at radius 3 is 2.82 bits per heavy atom. The maximum atomic E-state index is 11.0. The van der Waals surface area contributed by atoms with Gasteiger partial charge in [0, 0.05) is 17.6 Å². The molecule has 0 aromatic heterocycles. The number of benzene rings is 1. The molecule has 1 heterocycles. The molecule has 0 bridgehead atoms. The van der Waals surface area contributed by atoms with Crippen LogP contribution in [0, 0.1) is 5.92 Å². The topological polar surface area (TPSA) is 40.5 Å². The summed E-state index contributed by atoms with van der Waals surface area (Å²) in [4.78, 5) is 13.2. The highest BCUT2D eigenvalue weighted by Gasteiger charge is 2.35. The maximum Gasteiger partial charge on any atom is 0.308 e. The van der Waals surface area contributed by atoms with Gasteiger partial charge >= 0.3 is 5.97 Å². The maximum absolute atomic E-state index is 11.0. The summed E-state index contributed by atoms with van der Waals surface area (Å²) in [5, 5.41) is 9.82. The first-order chi connectivity index (χ1) is 8.09. The van der Waals surface area contributed by atoms with Crippen LogP contribution in [-0.4, -0.2) is 28.6 Å². The molecule has 0 amide bonds. The van der Waals surface area contributed by atoms with Crippen LogP contribution >= 0.6 is 11.6 Å². The van der Waals surface area contributed by atoms with Gasteiger partial charge < -0.3 is 5.11 Å². The fraction of sp³-hybridized carbons (Fsp3) is 0.462. The van der Waals surface area contributed by atoms with Crippen LogP contribution in [0.5, 0.6) is 0 Å². The summed E-state index contributed by atoms with van der Waals surface area (Å²) in [7, 11) is 0. The molecule has 1 fully saturated rings. The lowest BCUT2D eigenvalue weighted by atomic mass is 10.0. The Hall–Kier alpha value is -1.06. The lowest BCUT2D eigenvalue weighted by Crippen LogP contribution is -2.32. The number of halogens is 1. The lowest BCUT2D eigenvalue weighted by molar-refractivity contribution is -0.142. The number of nitrogens with zero attached hydrogens (tertiary/aromatic N) is 1. The van der Waals surface area contributed by atoms with Crippen LogP contribution in [0.3, 0.4) is 0 Å². The van der Waals surface area contributed by atoms with Crippen LogP contribution in [0.15, 0.2) is 24.3 Å². The Labute approximate surface area is 106 Å². The molecule has 3 nitrogen and oxygen atoms in total. The van der Waals surface area contributed by atoms with E-state index in [-0.39, 0.29) is 12.0 Å². The highest BCUT2D eigenvalue weighted by molar-refractivity contribution is 6.31. The van der Waals surface area contributed by atoms with Gasteiger partial charge in [-0.3, -0.25) is 9.69 Å². The number of carbonyl (C=O) groups is 1. The molecule has 1 aromatic carbocycles. The Bertz CT molecular complexity index is 422. The highest BCUT2D eigenvalue weighted by atomic mass is 35.5. The van der Waals surface area contributed by atoms with Gasteiger partial charge in [-0.1, -0.05) is 29.8 Å². The Morgan fingerprint density at radius 2 is 2.24 bits per heavy atom. The van der Waals surface area contributed by atoms with Crippen LogP contribution in [0.1, 0.15) is 18.9 Å². The fourth-order valence-electron chi connectivity index (χ4n) is 2.40. The van der Waals surface area contributed by atoms with Gasteiger partial charge in [0.2, 0.25) is 0 Å². The SMILES string of the molecule is CC1C(C(=O)O)CCN1Cc1ccccc1Cl. The highest BCUT2D eigenvalue weighted by Crippen LogP contribution is 2.27. The molecule has 0 aliphatic carbocycles. The van der Waals surface area contributed by atoms with Gasteiger partial charge in [-0.05, 0) is 31.5 Å². The van der Waals surface area contributed by atoms with Crippen molar-refractivity contribution >= 4 is 17.6 Å². The number of likely N-dealkylation sites (tertiary alicyclic amines) is 1. The molecule has 1 saturated heterocycles. The van der Waals surface area contributed by atoms with Crippen molar-refractivity contribution in [1.82, 2.24) is 4.90 Å². The van der Waals surface area contributed by atoms with Crippen molar-refractivity contribution < 1.29 is 9.90 Å². The molecule has 1 aliphatic heterocycles. The van der Waals surface area contributed by atoms with E-state index in [0.29, 0.717) is 0 Å². The van der Waals surface area contributed by atoms with Crippen molar-refractivity contribution in [2.24, 2.45) is 5.92 Å². The number of carboxylic acid groups (broad SMARTS) is 1. The summed E-state index contributed by atoms with van der Waals surface area (Å²) in [5.74, 6) is -0.948. The van der Waals surface area contributed by atoms with Crippen LogP contribution in [0.4, 0.5) is 0 Å². The zero-order valence-corrected chi connectivity index (χ0v) is 10.5. The van der Waals surface area contributed by atoms with E-state index in [1.165, 1.54) is 0 Å². The molecule has 2 rings (SSSR count). The first-order valence-electron chi connectivity index (χ1n) is 5.80. The summed E-state index contributed by atoms with van der Waals surface area (Å²) in [5.41, 5.74) is 1.06. The third kappa shape index (κ3) is 2.61. The summed E-state index contributed by atoms with van der Waals surface area (Å²) in [6, 6.07) is 7.79. The van der Waals surface area contributed by atoms with Crippen molar-refractivity contribution in [3.63, 3.8) is 0 Å². The minimum absolute atomic E-state index is 0.0729. The van der Waals surface area contributed by atoms with E-state index in [2.05, 4.69) is 4.90 Å². The summed E-state index contributed by atoms with van der Waals surface area (Å²) < 4.78 is 0. The number of aliphatic carboxylic acids is 1. The smallest absolute Gasteiger partial charge is 0.308 e. The largest absolute Gasteiger partial charge is 0.481 e. The molecule has 1 aliphatic rings. The minimum atomic E-state index is -0.695. The summed E-state index contributed by atoms with van der Waals surface area (Å²) in [6.07, 6.45) is 0.723. The quantitative estimate of drug-likeness (QED) is 0.900. The average molecular weight is 254 g/mol. The van der Waals surface area contributed by atoms with Gasteiger partial charge in [0.05, 0.1) is 5.92 Å². The number of rotatable bonds is 3. The molecule has 0 radical (unpaired) electrons. The molecule has 17 heavy (non-hydrogen) atoms. The van der Waals surface area contributed by atoms with Gasteiger partial charge in [-0.25, -0.2) is 0 Å². The second-order valence-corrected chi connectivity index (χ2v) is 4.94. The van der Waals surface area contributed by atoms with E-state index in [4.69, 9.17) is 16.7 Å². The molecule has 1 N–H and O–H groups in total. The molecule has 2 unspecified atom stereocenters. The molecule has 2 atom stereocenters. The molecule has 92 valence electrons. The monoisotopic (exact) mass is 253 g/mol. The van der Waals surface area contributed by atoms with Crippen LogP contribution in [-0.2, 0) is 11.3 Å². The zero-order valence-electron chi connectivity index (χ0n) is 9.77. The van der Waals surface area contributed by atoms with Gasteiger partial charge in [0.15, 0.2) is 0 Å². The summed E-state index contributed by atoms with van der Waals surface area (Å²) >= 11 is 6.11. The van der Waals surface area contributed by atoms with E-state index in [0.717, 1.165) is 30.1 Å². The lowest BCUT2D eigenvalue weighted by Gasteiger charge is -2.23. The molecular weight excluding hydrogens is 238 g/mol. The van der Waals surface area contributed by atoms with E-state index in [9.17, 15) is 4.79 Å². The Morgan fingerprint density at radius 1 is 1.53 bits per heavy atom. The van der Waals surface area contributed by atoms with E-state index < -0.39 is 5.97 Å². The molecule has 0 spiro atoms. The zero-order chi connectivity index (χ0) is 12.4.